The molecular formula is C15H26N2O3. The number of carbonyl (C=O) groups excluding carboxylic acids is 1. The molecule has 1 saturated heterocycles. The van der Waals surface area contributed by atoms with Crippen molar-refractivity contribution in [1.82, 2.24) is 10.2 Å². The van der Waals surface area contributed by atoms with Crippen LogP contribution < -0.4 is 5.32 Å². The van der Waals surface area contributed by atoms with Gasteiger partial charge in [0, 0.05) is 19.6 Å². The number of carbonyl (C=O) groups is 2. The predicted octanol–water partition coefficient (Wildman–Crippen LogP) is 2.32. The molecule has 1 heterocycles. The maximum Gasteiger partial charge on any atom is 0.317 e. The summed E-state index contributed by atoms with van der Waals surface area (Å²) in [5, 5.41) is 12.2. The molecule has 2 unspecified atom stereocenters. The van der Waals surface area contributed by atoms with Crippen LogP contribution in [0, 0.1) is 17.3 Å². The second-order valence-electron chi connectivity index (χ2n) is 6.69. The number of nitrogens with zero attached hydrogens (tertiary/aromatic N) is 1. The number of aliphatic carboxylic acids is 1. The maximum atomic E-state index is 12.2. The fraction of sp³-hybridized carbons (Fsp3) is 0.867. The van der Waals surface area contributed by atoms with Gasteiger partial charge in [0.05, 0.1) is 5.92 Å². The van der Waals surface area contributed by atoms with Gasteiger partial charge in [0.25, 0.3) is 0 Å². The highest BCUT2D eigenvalue weighted by Gasteiger charge is 2.42. The number of hydrogen-bond donors (Lipinski definition) is 2. The van der Waals surface area contributed by atoms with Gasteiger partial charge in [-0.1, -0.05) is 20.3 Å². The highest BCUT2D eigenvalue weighted by Crippen LogP contribution is 2.48. The zero-order valence-corrected chi connectivity index (χ0v) is 12.5. The monoisotopic (exact) mass is 282 g/mol. The number of carboxylic acids is 1. The molecule has 0 spiro atoms. The Morgan fingerprint density at radius 2 is 2.05 bits per heavy atom. The third kappa shape index (κ3) is 3.64. The summed E-state index contributed by atoms with van der Waals surface area (Å²) in [7, 11) is 0. The molecule has 2 rings (SSSR count). The van der Waals surface area contributed by atoms with Gasteiger partial charge in [-0.25, -0.2) is 4.79 Å². The average Bonchev–Trinajstić information content (AvgIpc) is 3.16. The quantitative estimate of drug-likeness (QED) is 0.813. The smallest absolute Gasteiger partial charge is 0.317 e. The van der Waals surface area contributed by atoms with E-state index in [0.29, 0.717) is 24.9 Å². The van der Waals surface area contributed by atoms with E-state index in [0.717, 1.165) is 13.0 Å². The molecule has 0 aromatic heterocycles. The van der Waals surface area contributed by atoms with Crippen LogP contribution in [0.4, 0.5) is 4.79 Å². The van der Waals surface area contributed by atoms with E-state index in [1.54, 1.807) is 4.90 Å². The van der Waals surface area contributed by atoms with Crippen LogP contribution in [0.1, 0.15) is 46.0 Å². The first-order valence-electron chi connectivity index (χ1n) is 7.71. The average molecular weight is 282 g/mol. The van der Waals surface area contributed by atoms with Crippen molar-refractivity contribution in [3.8, 4) is 0 Å². The number of hydrogen-bond acceptors (Lipinski definition) is 2. The Morgan fingerprint density at radius 1 is 1.35 bits per heavy atom. The minimum atomic E-state index is -0.793. The molecule has 2 N–H and O–H groups in total. The van der Waals surface area contributed by atoms with Gasteiger partial charge in [0.15, 0.2) is 0 Å². The lowest BCUT2D eigenvalue weighted by Gasteiger charge is -2.35. The van der Waals surface area contributed by atoms with E-state index in [1.165, 1.54) is 19.3 Å². The van der Waals surface area contributed by atoms with Crippen LogP contribution in [-0.2, 0) is 4.79 Å². The van der Waals surface area contributed by atoms with Crippen molar-refractivity contribution in [3.05, 3.63) is 0 Å². The lowest BCUT2D eigenvalue weighted by Crippen LogP contribution is -2.50. The Bertz CT molecular complexity index is 379. The Kier molecular flexibility index (Phi) is 4.55. The molecule has 2 amide bonds. The van der Waals surface area contributed by atoms with Gasteiger partial charge in [-0.05, 0) is 37.0 Å². The van der Waals surface area contributed by atoms with Gasteiger partial charge < -0.3 is 15.3 Å². The Labute approximate surface area is 120 Å². The lowest BCUT2D eigenvalue weighted by molar-refractivity contribution is -0.143. The zero-order chi connectivity index (χ0) is 14.8. The Balaban J connectivity index is 1.84. The molecule has 5 heteroatoms. The molecule has 1 aliphatic heterocycles. The number of piperidine rings is 1. The van der Waals surface area contributed by atoms with E-state index in [1.807, 2.05) is 6.92 Å². The van der Waals surface area contributed by atoms with Crippen LogP contribution in [0.2, 0.25) is 0 Å². The molecule has 0 aromatic rings. The minimum absolute atomic E-state index is 0.0924. The van der Waals surface area contributed by atoms with Crippen LogP contribution in [0.15, 0.2) is 0 Å². The van der Waals surface area contributed by atoms with E-state index >= 15 is 0 Å². The molecule has 20 heavy (non-hydrogen) atoms. The van der Waals surface area contributed by atoms with Gasteiger partial charge in [-0.2, -0.15) is 0 Å². The lowest BCUT2D eigenvalue weighted by atomic mass is 9.91. The summed E-state index contributed by atoms with van der Waals surface area (Å²) < 4.78 is 0. The molecular weight excluding hydrogens is 256 g/mol. The summed E-state index contributed by atoms with van der Waals surface area (Å²) in [6, 6.07) is -0.0924. The predicted molar refractivity (Wildman–Crippen MR) is 76.5 cm³/mol. The van der Waals surface area contributed by atoms with Crippen molar-refractivity contribution in [2.45, 2.75) is 46.0 Å². The summed E-state index contributed by atoms with van der Waals surface area (Å²) in [4.78, 5) is 25.0. The third-order valence-electron chi connectivity index (χ3n) is 4.65. The van der Waals surface area contributed by atoms with Crippen LogP contribution in [0.5, 0.6) is 0 Å². The van der Waals surface area contributed by atoms with Crippen LogP contribution in [0.25, 0.3) is 0 Å². The highest BCUT2D eigenvalue weighted by atomic mass is 16.4. The molecule has 5 nitrogen and oxygen atoms in total. The van der Waals surface area contributed by atoms with Crippen molar-refractivity contribution < 1.29 is 14.7 Å². The first-order chi connectivity index (χ1) is 9.46. The Hall–Kier alpha value is -1.26. The topological polar surface area (TPSA) is 69.6 Å². The van der Waals surface area contributed by atoms with Gasteiger partial charge in [-0.3, -0.25) is 4.79 Å². The summed E-state index contributed by atoms with van der Waals surface area (Å²) in [5.74, 6) is -0.963. The Morgan fingerprint density at radius 3 is 2.60 bits per heavy atom. The van der Waals surface area contributed by atoms with Gasteiger partial charge in [-0.15, -0.1) is 0 Å². The number of amides is 2. The van der Waals surface area contributed by atoms with E-state index in [4.69, 9.17) is 5.11 Å². The van der Waals surface area contributed by atoms with Crippen molar-refractivity contribution in [2.24, 2.45) is 17.3 Å². The van der Waals surface area contributed by atoms with Gasteiger partial charge in [0.2, 0.25) is 0 Å². The number of nitrogens with one attached hydrogen (secondary N) is 1. The van der Waals surface area contributed by atoms with Crippen molar-refractivity contribution in [1.29, 1.82) is 0 Å². The van der Waals surface area contributed by atoms with E-state index < -0.39 is 11.9 Å². The molecule has 114 valence electrons. The minimum Gasteiger partial charge on any atom is -0.481 e. The summed E-state index contributed by atoms with van der Waals surface area (Å²) in [5.41, 5.74) is 0.331. The number of urea groups is 1. The van der Waals surface area contributed by atoms with E-state index in [9.17, 15) is 9.59 Å². The SMILES string of the molecule is CCCC1(CNC(=O)N2CC(C)CC(C(=O)O)C2)CC1. The molecule has 0 aromatic carbocycles. The largest absolute Gasteiger partial charge is 0.481 e. The van der Waals surface area contributed by atoms with Gasteiger partial charge >= 0.3 is 12.0 Å². The van der Waals surface area contributed by atoms with E-state index in [2.05, 4.69) is 12.2 Å². The highest BCUT2D eigenvalue weighted by molar-refractivity contribution is 5.76. The number of carboxylic acid groups (broad SMARTS) is 1. The summed E-state index contributed by atoms with van der Waals surface area (Å²) in [6.07, 6.45) is 5.39. The van der Waals surface area contributed by atoms with Crippen LogP contribution in [0.3, 0.4) is 0 Å². The fourth-order valence-electron chi connectivity index (χ4n) is 3.29. The van der Waals surface area contributed by atoms with Crippen molar-refractivity contribution in [2.75, 3.05) is 19.6 Å². The van der Waals surface area contributed by atoms with Crippen LogP contribution >= 0.6 is 0 Å². The van der Waals surface area contributed by atoms with Crippen molar-refractivity contribution in [3.63, 3.8) is 0 Å². The second kappa shape index (κ2) is 6.02. The standard InChI is InChI=1S/C15H26N2O3/c1-3-4-15(5-6-15)10-16-14(20)17-8-11(2)7-12(9-17)13(18)19/h11-12H,3-10H2,1-2H3,(H,16,20)(H,18,19). The molecule has 0 bridgehead atoms. The fourth-order valence-corrected chi connectivity index (χ4v) is 3.29. The first kappa shape index (κ1) is 15.1. The van der Waals surface area contributed by atoms with Crippen LogP contribution in [-0.4, -0.2) is 41.6 Å². The molecule has 1 saturated carbocycles. The number of likely N-dealkylation sites (tertiary alicyclic amines) is 1. The summed E-state index contributed by atoms with van der Waals surface area (Å²) in [6.45, 7) is 5.92. The molecule has 1 aliphatic carbocycles. The number of rotatable bonds is 5. The third-order valence-corrected chi connectivity index (χ3v) is 4.65. The maximum absolute atomic E-state index is 12.2. The second-order valence-corrected chi connectivity index (χ2v) is 6.69. The van der Waals surface area contributed by atoms with E-state index in [-0.39, 0.29) is 11.9 Å². The molecule has 0 radical (unpaired) electrons. The molecule has 2 atom stereocenters. The first-order valence-corrected chi connectivity index (χ1v) is 7.71. The molecule has 2 aliphatic rings. The normalized spacial score (nSPS) is 28.0. The summed E-state index contributed by atoms with van der Waals surface area (Å²) >= 11 is 0. The van der Waals surface area contributed by atoms with Gasteiger partial charge in [0.1, 0.15) is 0 Å². The zero-order valence-electron chi connectivity index (χ0n) is 12.5. The van der Waals surface area contributed by atoms with Crippen molar-refractivity contribution >= 4 is 12.0 Å². The molecule has 2 fully saturated rings.